The van der Waals surface area contributed by atoms with Crippen molar-refractivity contribution in [1.29, 1.82) is 0 Å². The Bertz CT molecular complexity index is 422. The van der Waals surface area contributed by atoms with Gasteiger partial charge in [-0.3, -0.25) is 0 Å². The first-order valence-electron chi connectivity index (χ1n) is 5.64. The van der Waals surface area contributed by atoms with Crippen LogP contribution >= 0.6 is 0 Å². The molecular weight excluding hydrogens is 238 g/mol. The Morgan fingerprint density at radius 1 is 1.44 bits per heavy atom. The van der Waals surface area contributed by atoms with Gasteiger partial charge >= 0.3 is 12.0 Å². The molecule has 0 saturated heterocycles. The number of carbonyl (C=O) groups excluding carboxylic acids is 1. The summed E-state index contributed by atoms with van der Waals surface area (Å²) in [5.41, 5.74) is 1.51. The summed E-state index contributed by atoms with van der Waals surface area (Å²) in [5.74, 6) is -0.414. The van der Waals surface area contributed by atoms with Gasteiger partial charge in [-0.2, -0.15) is 0 Å². The molecule has 0 bridgehead atoms. The van der Waals surface area contributed by atoms with Crippen LogP contribution in [0.25, 0.3) is 0 Å². The van der Waals surface area contributed by atoms with Gasteiger partial charge in [-0.15, -0.1) is 0 Å². The van der Waals surface area contributed by atoms with Crippen molar-refractivity contribution >= 4 is 12.0 Å². The zero-order chi connectivity index (χ0) is 13.7. The predicted molar refractivity (Wildman–Crippen MR) is 63.1 cm³/mol. The highest BCUT2D eigenvalue weighted by molar-refractivity contribution is 5.82. The van der Waals surface area contributed by atoms with Crippen LogP contribution in [0.3, 0.4) is 0 Å². The van der Waals surface area contributed by atoms with Crippen LogP contribution in [0.15, 0.2) is 4.52 Å². The molecule has 0 aliphatic heterocycles. The second-order valence-electron chi connectivity index (χ2n) is 3.93. The highest BCUT2D eigenvalue weighted by atomic mass is 16.5. The predicted octanol–water partition coefficient (Wildman–Crippen LogP) is 0.954. The molecule has 18 heavy (non-hydrogen) atoms. The van der Waals surface area contributed by atoms with Gasteiger partial charge in [-0.25, -0.2) is 9.59 Å². The minimum Gasteiger partial charge on any atom is -0.480 e. The number of hydrogen-bond acceptors (Lipinski definition) is 4. The largest absolute Gasteiger partial charge is 0.480 e. The Balaban J connectivity index is 2.49. The zero-order valence-electron chi connectivity index (χ0n) is 10.6. The first kappa shape index (κ1) is 14.0. The number of hydrogen-bond donors (Lipinski definition) is 3. The Morgan fingerprint density at radius 3 is 2.56 bits per heavy atom. The third-order valence-electron chi connectivity index (χ3n) is 2.62. The van der Waals surface area contributed by atoms with Crippen molar-refractivity contribution < 1.29 is 19.2 Å². The maximum absolute atomic E-state index is 11.5. The third kappa shape index (κ3) is 3.47. The summed E-state index contributed by atoms with van der Waals surface area (Å²) in [4.78, 5) is 22.2. The van der Waals surface area contributed by atoms with Gasteiger partial charge < -0.3 is 20.3 Å². The molecule has 100 valence electrons. The Morgan fingerprint density at radius 2 is 2.11 bits per heavy atom. The number of nitrogens with zero attached hydrogens (tertiary/aromatic N) is 1. The van der Waals surface area contributed by atoms with E-state index in [1.165, 1.54) is 0 Å². The smallest absolute Gasteiger partial charge is 0.326 e. The number of rotatable bonds is 5. The van der Waals surface area contributed by atoms with E-state index >= 15 is 0 Å². The van der Waals surface area contributed by atoms with E-state index in [1.54, 1.807) is 20.8 Å². The van der Waals surface area contributed by atoms with Gasteiger partial charge in [0.05, 0.1) is 5.69 Å². The van der Waals surface area contributed by atoms with Gasteiger partial charge in [-0.05, 0) is 20.3 Å². The van der Waals surface area contributed by atoms with Crippen LogP contribution in [-0.2, 0) is 11.3 Å². The van der Waals surface area contributed by atoms with Crippen molar-refractivity contribution in [1.82, 2.24) is 15.8 Å². The summed E-state index contributed by atoms with van der Waals surface area (Å²) < 4.78 is 4.95. The summed E-state index contributed by atoms with van der Waals surface area (Å²) in [6.07, 6.45) is 0.327. The topological polar surface area (TPSA) is 104 Å². The molecular formula is C11H17N3O4. The quantitative estimate of drug-likeness (QED) is 0.726. The summed E-state index contributed by atoms with van der Waals surface area (Å²) >= 11 is 0. The normalized spacial score (nSPS) is 11.9. The van der Waals surface area contributed by atoms with Crippen LogP contribution in [0, 0.1) is 13.8 Å². The highest BCUT2D eigenvalue weighted by Gasteiger charge is 2.17. The third-order valence-corrected chi connectivity index (χ3v) is 2.62. The molecule has 1 aromatic heterocycles. The van der Waals surface area contributed by atoms with Crippen LogP contribution in [0.1, 0.15) is 30.4 Å². The van der Waals surface area contributed by atoms with E-state index < -0.39 is 18.0 Å². The van der Waals surface area contributed by atoms with E-state index in [2.05, 4.69) is 15.8 Å². The molecule has 1 aromatic rings. The number of carbonyl (C=O) groups is 2. The Hall–Kier alpha value is -2.05. The van der Waals surface area contributed by atoms with Gasteiger partial charge in [-0.1, -0.05) is 12.1 Å². The first-order valence-corrected chi connectivity index (χ1v) is 5.64. The van der Waals surface area contributed by atoms with Crippen LogP contribution in [0.5, 0.6) is 0 Å². The number of carboxylic acids is 1. The van der Waals surface area contributed by atoms with Gasteiger partial charge in [0.15, 0.2) is 0 Å². The van der Waals surface area contributed by atoms with Crippen molar-refractivity contribution in [2.24, 2.45) is 0 Å². The number of nitrogens with one attached hydrogen (secondary N) is 2. The van der Waals surface area contributed by atoms with E-state index in [9.17, 15) is 9.59 Å². The average molecular weight is 255 g/mol. The molecule has 1 heterocycles. The van der Waals surface area contributed by atoms with Gasteiger partial charge in [0.2, 0.25) is 0 Å². The summed E-state index contributed by atoms with van der Waals surface area (Å²) in [6.45, 7) is 5.47. The molecule has 0 fully saturated rings. The molecule has 0 saturated carbocycles. The van der Waals surface area contributed by atoms with E-state index in [0.29, 0.717) is 17.9 Å². The molecule has 1 rings (SSSR count). The first-order chi connectivity index (χ1) is 8.45. The summed E-state index contributed by atoms with van der Waals surface area (Å²) in [6, 6.07) is -1.40. The lowest BCUT2D eigenvalue weighted by Gasteiger charge is -2.12. The molecule has 7 heteroatoms. The average Bonchev–Trinajstić information content (AvgIpc) is 2.63. The molecule has 0 spiro atoms. The van der Waals surface area contributed by atoms with Crippen molar-refractivity contribution in [2.45, 2.75) is 39.8 Å². The maximum Gasteiger partial charge on any atom is 0.326 e. The highest BCUT2D eigenvalue weighted by Crippen LogP contribution is 2.11. The zero-order valence-corrected chi connectivity index (χ0v) is 10.6. The lowest BCUT2D eigenvalue weighted by atomic mass is 10.2. The fourth-order valence-corrected chi connectivity index (χ4v) is 1.47. The lowest BCUT2D eigenvalue weighted by Crippen LogP contribution is -2.45. The lowest BCUT2D eigenvalue weighted by molar-refractivity contribution is -0.139. The van der Waals surface area contributed by atoms with Gasteiger partial charge in [0.25, 0.3) is 0 Å². The fraction of sp³-hybridized carbons (Fsp3) is 0.545. The minimum atomic E-state index is -1.05. The second-order valence-corrected chi connectivity index (χ2v) is 3.93. The molecule has 7 nitrogen and oxygen atoms in total. The number of urea groups is 1. The molecule has 0 aromatic carbocycles. The van der Waals surface area contributed by atoms with Crippen LogP contribution < -0.4 is 10.6 Å². The number of aliphatic carboxylic acids is 1. The standard InChI is InChI=1S/C11H17N3O4/c1-4-9(10(15)16)13-11(17)12-5-8-6(2)14-18-7(8)3/h9H,4-5H2,1-3H3,(H,15,16)(H2,12,13,17)/t9-/m1/s1. The molecule has 0 radical (unpaired) electrons. The van der Waals surface area contributed by atoms with Gasteiger partial charge in [0, 0.05) is 12.1 Å². The van der Waals surface area contributed by atoms with E-state index in [-0.39, 0.29) is 6.54 Å². The summed E-state index contributed by atoms with van der Waals surface area (Å²) in [5, 5.41) is 17.5. The Labute approximate surface area is 105 Å². The Kier molecular flexibility index (Phi) is 4.70. The molecule has 3 N–H and O–H groups in total. The van der Waals surface area contributed by atoms with E-state index in [1.807, 2.05) is 0 Å². The SMILES string of the molecule is CC[C@@H](NC(=O)NCc1c(C)noc1C)C(=O)O. The van der Waals surface area contributed by atoms with Crippen LogP contribution in [0.4, 0.5) is 4.79 Å². The molecule has 0 unspecified atom stereocenters. The van der Waals surface area contributed by atoms with Crippen LogP contribution in [-0.4, -0.2) is 28.3 Å². The molecule has 1 atom stereocenters. The minimum absolute atomic E-state index is 0.253. The van der Waals surface area contributed by atoms with Crippen molar-refractivity contribution in [2.75, 3.05) is 0 Å². The maximum atomic E-state index is 11.5. The van der Waals surface area contributed by atoms with Crippen molar-refractivity contribution in [3.8, 4) is 0 Å². The molecule has 2 amide bonds. The second kappa shape index (κ2) is 6.04. The van der Waals surface area contributed by atoms with E-state index in [4.69, 9.17) is 9.63 Å². The monoisotopic (exact) mass is 255 g/mol. The number of amides is 2. The van der Waals surface area contributed by atoms with Gasteiger partial charge in [0.1, 0.15) is 11.8 Å². The van der Waals surface area contributed by atoms with Crippen molar-refractivity contribution in [3.05, 3.63) is 17.0 Å². The van der Waals surface area contributed by atoms with Crippen LogP contribution in [0.2, 0.25) is 0 Å². The molecule has 0 aliphatic rings. The number of aromatic nitrogens is 1. The van der Waals surface area contributed by atoms with E-state index in [0.717, 1.165) is 5.56 Å². The number of carboxylic acid groups (broad SMARTS) is 1. The number of aryl methyl sites for hydroxylation is 2. The van der Waals surface area contributed by atoms with Crippen molar-refractivity contribution in [3.63, 3.8) is 0 Å². The molecule has 0 aliphatic carbocycles. The fourth-order valence-electron chi connectivity index (χ4n) is 1.47. The summed E-state index contributed by atoms with van der Waals surface area (Å²) in [7, 11) is 0.